The summed E-state index contributed by atoms with van der Waals surface area (Å²) in [5.74, 6) is 0.794. The summed E-state index contributed by atoms with van der Waals surface area (Å²) in [6.07, 6.45) is 1.84. The van der Waals surface area contributed by atoms with Crippen LogP contribution in [0.15, 0.2) is 56.4 Å². The van der Waals surface area contributed by atoms with E-state index in [1.54, 1.807) is 0 Å². The molecule has 4 heteroatoms. The summed E-state index contributed by atoms with van der Waals surface area (Å²) in [6.45, 7) is 4.31. The first kappa shape index (κ1) is 14.8. The molecule has 0 radical (unpaired) electrons. The van der Waals surface area contributed by atoms with Gasteiger partial charge in [0.25, 0.3) is 0 Å². The number of benzene rings is 2. The molecule has 0 fully saturated rings. The van der Waals surface area contributed by atoms with Crippen molar-refractivity contribution in [2.75, 3.05) is 0 Å². The Kier molecular flexibility index (Phi) is 5.25. The lowest BCUT2D eigenvalue weighted by molar-refractivity contribution is 0.302. The van der Waals surface area contributed by atoms with E-state index in [0.717, 1.165) is 30.3 Å². The van der Waals surface area contributed by atoms with Crippen molar-refractivity contribution in [3.05, 3.63) is 67.5 Å². The molecule has 0 saturated heterocycles. The van der Waals surface area contributed by atoms with Crippen molar-refractivity contribution in [1.29, 1.82) is 0 Å². The van der Waals surface area contributed by atoms with Crippen molar-refractivity contribution in [1.82, 2.24) is 0 Å². The van der Waals surface area contributed by atoms with Crippen LogP contribution in [-0.4, -0.2) is 0 Å². The first-order chi connectivity index (χ1) is 9.11. The maximum Gasteiger partial charge on any atom is 0.148 e. The largest absolute Gasteiger partial charge is 0.487 e. The van der Waals surface area contributed by atoms with Crippen molar-refractivity contribution < 1.29 is 4.74 Å². The number of hydrogen-bond acceptors (Lipinski definition) is 1. The van der Waals surface area contributed by atoms with Gasteiger partial charge in [-0.2, -0.15) is 0 Å². The minimum Gasteiger partial charge on any atom is -0.487 e. The smallest absolute Gasteiger partial charge is 0.148 e. The highest BCUT2D eigenvalue weighted by Gasteiger charge is 2.09. The summed E-state index contributed by atoms with van der Waals surface area (Å²) in [6, 6.07) is 12.0. The molecule has 0 heterocycles. The van der Waals surface area contributed by atoms with E-state index in [0.29, 0.717) is 6.61 Å². The predicted molar refractivity (Wildman–Crippen MR) is 90.4 cm³/mol. The zero-order valence-corrected chi connectivity index (χ0v) is 14.8. The second kappa shape index (κ2) is 6.73. The van der Waals surface area contributed by atoms with Gasteiger partial charge in [-0.1, -0.05) is 52.9 Å². The van der Waals surface area contributed by atoms with Gasteiger partial charge in [-0.05, 0) is 55.1 Å². The molecule has 0 aliphatic heterocycles. The second-order valence-corrected chi connectivity index (χ2v) is 6.51. The number of hydrogen-bond donors (Lipinski definition) is 0. The second-order valence-electron chi connectivity index (χ2n) is 3.89. The first-order valence-corrected chi connectivity index (χ1v) is 7.97. The topological polar surface area (TPSA) is 9.23 Å². The Labute approximate surface area is 138 Å². The predicted octanol–water partition coefficient (Wildman–Crippen LogP) is 6.20. The molecular formula is C15H11Br3O. The van der Waals surface area contributed by atoms with Gasteiger partial charge >= 0.3 is 0 Å². The van der Waals surface area contributed by atoms with Gasteiger partial charge in [0, 0.05) is 4.47 Å². The molecule has 0 spiro atoms. The van der Waals surface area contributed by atoms with Crippen LogP contribution in [0.25, 0.3) is 6.08 Å². The lowest BCUT2D eigenvalue weighted by Crippen LogP contribution is -1.99. The van der Waals surface area contributed by atoms with Gasteiger partial charge in [-0.25, -0.2) is 0 Å². The monoisotopic (exact) mass is 444 g/mol. The molecule has 0 amide bonds. The van der Waals surface area contributed by atoms with E-state index in [4.69, 9.17) is 4.74 Å². The molecule has 0 saturated carbocycles. The van der Waals surface area contributed by atoms with Crippen molar-refractivity contribution in [2.24, 2.45) is 0 Å². The molecule has 2 aromatic rings. The van der Waals surface area contributed by atoms with E-state index in [-0.39, 0.29) is 0 Å². The van der Waals surface area contributed by atoms with Gasteiger partial charge in [0.15, 0.2) is 0 Å². The number of rotatable bonds is 4. The normalized spacial score (nSPS) is 10.3. The van der Waals surface area contributed by atoms with Crippen LogP contribution in [0.2, 0.25) is 0 Å². The van der Waals surface area contributed by atoms with Gasteiger partial charge in [0.2, 0.25) is 0 Å². The van der Waals surface area contributed by atoms with E-state index in [1.165, 1.54) is 0 Å². The highest BCUT2D eigenvalue weighted by molar-refractivity contribution is 9.11. The molecule has 0 atom stereocenters. The molecule has 0 bridgehead atoms. The van der Waals surface area contributed by atoms with Crippen molar-refractivity contribution in [2.45, 2.75) is 6.61 Å². The molecule has 1 nitrogen and oxygen atoms in total. The fraction of sp³-hybridized carbons (Fsp3) is 0.0667. The molecule has 19 heavy (non-hydrogen) atoms. The number of halogens is 3. The summed E-state index contributed by atoms with van der Waals surface area (Å²) in [4.78, 5) is 0. The van der Waals surface area contributed by atoms with Crippen molar-refractivity contribution in [3.8, 4) is 5.75 Å². The third kappa shape index (κ3) is 3.71. The van der Waals surface area contributed by atoms with E-state index < -0.39 is 0 Å². The lowest BCUT2D eigenvalue weighted by atomic mass is 10.1. The van der Waals surface area contributed by atoms with Gasteiger partial charge in [0.1, 0.15) is 12.4 Å². The summed E-state index contributed by atoms with van der Waals surface area (Å²) in [5.41, 5.74) is 2.20. The summed E-state index contributed by atoms with van der Waals surface area (Å²) in [7, 11) is 0. The Balaban J connectivity index is 2.21. The molecule has 0 aromatic heterocycles. The van der Waals surface area contributed by atoms with Gasteiger partial charge < -0.3 is 4.74 Å². The van der Waals surface area contributed by atoms with Crippen LogP contribution in [0, 0.1) is 0 Å². The number of ether oxygens (including phenoxy) is 1. The highest BCUT2D eigenvalue weighted by atomic mass is 79.9. The van der Waals surface area contributed by atoms with Gasteiger partial charge in [-0.3, -0.25) is 0 Å². The zero-order chi connectivity index (χ0) is 13.8. The average Bonchev–Trinajstić information content (AvgIpc) is 2.38. The fourth-order valence-electron chi connectivity index (χ4n) is 1.68. The molecule has 0 aliphatic carbocycles. The molecule has 98 valence electrons. The molecule has 0 aliphatic rings. The maximum atomic E-state index is 5.89. The SMILES string of the molecule is C=Cc1ccccc1COc1c(Br)cc(Br)cc1Br. The van der Waals surface area contributed by atoms with Crippen LogP contribution in [0.3, 0.4) is 0 Å². The quantitative estimate of drug-likeness (QED) is 0.543. The van der Waals surface area contributed by atoms with Crippen LogP contribution in [-0.2, 0) is 6.61 Å². The third-order valence-corrected chi connectivity index (χ3v) is 4.25. The molecule has 2 aromatic carbocycles. The van der Waals surface area contributed by atoms with E-state index in [2.05, 4.69) is 54.4 Å². The van der Waals surface area contributed by atoms with Gasteiger partial charge in [0.05, 0.1) is 8.95 Å². The molecule has 2 rings (SSSR count). The van der Waals surface area contributed by atoms with Crippen molar-refractivity contribution >= 4 is 53.9 Å². The Morgan fingerprint density at radius 1 is 1.05 bits per heavy atom. The van der Waals surface area contributed by atoms with Crippen LogP contribution in [0.1, 0.15) is 11.1 Å². The van der Waals surface area contributed by atoms with Crippen LogP contribution in [0.5, 0.6) is 5.75 Å². The lowest BCUT2D eigenvalue weighted by Gasteiger charge is -2.12. The van der Waals surface area contributed by atoms with Crippen LogP contribution in [0.4, 0.5) is 0 Å². The molecule has 0 unspecified atom stereocenters. The minimum atomic E-state index is 0.501. The van der Waals surface area contributed by atoms with Crippen LogP contribution >= 0.6 is 47.8 Å². The standard InChI is InChI=1S/C15H11Br3O/c1-2-10-5-3-4-6-11(10)9-19-15-13(17)7-12(16)8-14(15)18/h2-8H,1,9H2. The minimum absolute atomic E-state index is 0.501. The Morgan fingerprint density at radius 2 is 1.68 bits per heavy atom. The Bertz CT molecular complexity index is 585. The first-order valence-electron chi connectivity index (χ1n) is 5.59. The van der Waals surface area contributed by atoms with E-state index in [9.17, 15) is 0 Å². The van der Waals surface area contributed by atoms with Crippen LogP contribution < -0.4 is 4.74 Å². The fourth-order valence-corrected chi connectivity index (χ4v) is 4.17. The Morgan fingerprint density at radius 3 is 2.32 bits per heavy atom. The summed E-state index contributed by atoms with van der Waals surface area (Å²) < 4.78 is 8.69. The maximum absolute atomic E-state index is 5.89. The van der Waals surface area contributed by atoms with E-state index >= 15 is 0 Å². The highest BCUT2D eigenvalue weighted by Crippen LogP contribution is 2.37. The molecule has 0 N–H and O–H groups in total. The molecular weight excluding hydrogens is 436 g/mol. The third-order valence-electron chi connectivity index (χ3n) is 2.61. The summed E-state index contributed by atoms with van der Waals surface area (Å²) >= 11 is 10.4. The summed E-state index contributed by atoms with van der Waals surface area (Å²) in [5, 5.41) is 0. The van der Waals surface area contributed by atoms with Gasteiger partial charge in [-0.15, -0.1) is 0 Å². The van der Waals surface area contributed by atoms with Crippen molar-refractivity contribution in [3.63, 3.8) is 0 Å². The Hall–Kier alpha value is -0.580. The van der Waals surface area contributed by atoms with E-state index in [1.807, 2.05) is 42.5 Å². The average molecular weight is 447 g/mol. The zero-order valence-electron chi connectivity index (χ0n) is 10.00.